The van der Waals surface area contributed by atoms with E-state index in [0.29, 0.717) is 17.4 Å². The van der Waals surface area contributed by atoms with Crippen LogP contribution in [-0.4, -0.2) is 68.5 Å². The van der Waals surface area contributed by atoms with Gasteiger partial charge in [0.25, 0.3) is 7.82 Å². The Bertz CT molecular complexity index is 1900. The number of nitrogens with one attached hydrogen (secondary N) is 1. The summed E-state index contributed by atoms with van der Waals surface area (Å²) in [4.78, 5) is 25.7. The lowest BCUT2D eigenvalue weighted by Gasteiger charge is -2.29. The van der Waals surface area contributed by atoms with Crippen LogP contribution in [0.3, 0.4) is 0 Å². The van der Waals surface area contributed by atoms with Crippen LogP contribution in [0.25, 0.3) is 0 Å². The Morgan fingerprint density at radius 2 is 0.693 bits per heavy atom. The van der Waals surface area contributed by atoms with E-state index in [4.69, 9.17) is 9.05 Å². The van der Waals surface area contributed by atoms with Crippen molar-refractivity contribution in [2.75, 3.05) is 40.9 Å². The number of amides is 1. The Labute approximate surface area is 545 Å². The molecule has 88 heavy (non-hydrogen) atoms. The number of phosphoric acid groups is 1. The van der Waals surface area contributed by atoms with Gasteiger partial charge < -0.3 is 28.8 Å². The molecule has 506 valence electrons. The molecular formula is C79H139N2O6P. The Hall–Kier alpha value is -3.36. The lowest BCUT2D eigenvalue weighted by Crippen LogP contribution is -2.45. The van der Waals surface area contributed by atoms with Gasteiger partial charge in [0.15, 0.2) is 0 Å². The molecule has 9 heteroatoms. The van der Waals surface area contributed by atoms with Crippen molar-refractivity contribution >= 4 is 13.7 Å². The SMILES string of the molecule is CC/C=C\C/C=C\C/C=C\C/C=C\C/C=C\C/C=C\C/C=C\C/C=C\C/C=C\C/C=C\CCCCCCC(=O)NC(COP(=O)([O-])OCC[N+](C)(C)C)C(O)/C=C/CCCCCCCCCCCCCCCCCCCCCCCCCCCCCCC. The summed E-state index contributed by atoms with van der Waals surface area (Å²) in [5, 5.41) is 14.0. The molecule has 8 nitrogen and oxygen atoms in total. The molecule has 0 saturated heterocycles. The van der Waals surface area contributed by atoms with Crippen LogP contribution in [0.15, 0.2) is 134 Å². The maximum Gasteiger partial charge on any atom is 0.268 e. The molecule has 0 bridgehead atoms. The van der Waals surface area contributed by atoms with Gasteiger partial charge >= 0.3 is 0 Å². The smallest absolute Gasteiger partial charge is 0.268 e. The van der Waals surface area contributed by atoms with E-state index in [0.717, 1.165) is 116 Å². The minimum Gasteiger partial charge on any atom is -0.756 e. The summed E-state index contributed by atoms with van der Waals surface area (Å²) < 4.78 is 23.5. The van der Waals surface area contributed by atoms with Crippen molar-refractivity contribution in [3.63, 3.8) is 0 Å². The summed E-state index contributed by atoms with van der Waals surface area (Å²) in [6, 6.07) is -0.913. The number of carbonyl (C=O) groups excluding carboxylic acids is 1. The monoisotopic (exact) mass is 1240 g/mol. The van der Waals surface area contributed by atoms with E-state index >= 15 is 0 Å². The highest BCUT2D eigenvalue weighted by Crippen LogP contribution is 2.38. The third kappa shape index (κ3) is 70.1. The molecule has 0 aromatic rings. The first-order valence-corrected chi connectivity index (χ1v) is 38.0. The van der Waals surface area contributed by atoms with Gasteiger partial charge in [-0.1, -0.05) is 340 Å². The number of hydrogen-bond acceptors (Lipinski definition) is 6. The summed E-state index contributed by atoms with van der Waals surface area (Å²) in [6.45, 7) is 4.53. The molecule has 3 unspecified atom stereocenters. The van der Waals surface area contributed by atoms with Crippen LogP contribution in [0, 0.1) is 0 Å². The van der Waals surface area contributed by atoms with Crippen molar-refractivity contribution in [2.24, 2.45) is 0 Å². The molecule has 0 rings (SSSR count). The van der Waals surface area contributed by atoms with E-state index in [2.05, 4.69) is 141 Å². The molecule has 0 radical (unpaired) electrons. The van der Waals surface area contributed by atoms with Gasteiger partial charge in [-0.25, -0.2) is 0 Å². The summed E-state index contributed by atoms with van der Waals surface area (Å²) in [7, 11) is 1.23. The fraction of sp³-hybridized carbons (Fsp3) is 0.709. The second-order valence-corrected chi connectivity index (χ2v) is 27.0. The minimum atomic E-state index is -4.62. The van der Waals surface area contributed by atoms with Gasteiger partial charge in [0.1, 0.15) is 13.2 Å². The zero-order valence-electron chi connectivity index (χ0n) is 57.9. The number of allylic oxidation sites excluding steroid dienone is 21. The van der Waals surface area contributed by atoms with Crippen molar-refractivity contribution in [1.29, 1.82) is 0 Å². The number of nitrogens with zero attached hydrogens (tertiary/aromatic N) is 1. The maximum absolute atomic E-state index is 13.0. The van der Waals surface area contributed by atoms with Crippen LogP contribution < -0.4 is 10.2 Å². The van der Waals surface area contributed by atoms with Gasteiger partial charge in [-0.15, -0.1) is 0 Å². The number of quaternary nitrogens is 1. The van der Waals surface area contributed by atoms with Crippen molar-refractivity contribution in [3.8, 4) is 0 Å². The van der Waals surface area contributed by atoms with Gasteiger partial charge in [0.2, 0.25) is 5.91 Å². The Balaban J connectivity index is 4.17. The van der Waals surface area contributed by atoms with Crippen LogP contribution in [0.1, 0.15) is 309 Å². The first-order chi connectivity index (χ1) is 43.0. The predicted molar refractivity (Wildman–Crippen MR) is 385 cm³/mol. The highest BCUT2D eigenvalue weighted by atomic mass is 31.2. The summed E-state index contributed by atoms with van der Waals surface area (Å²) in [5.74, 6) is -0.224. The third-order valence-corrected chi connectivity index (χ3v) is 16.8. The average molecular weight is 1240 g/mol. The van der Waals surface area contributed by atoms with Crippen LogP contribution in [0.4, 0.5) is 0 Å². The largest absolute Gasteiger partial charge is 0.756 e. The van der Waals surface area contributed by atoms with Gasteiger partial charge in [-0.3, -0.25) is 9.36 Å². The van der Waals surface area contributed by atoms with Crippen LogP contribution in [-0.2, 0) is 18.4 Å². The summed E-state index contributed by atoms with van der Waals surface area (Å²) in [5.41, 5.74) is 0. The number of carbonyl (C=O) groups is 1. The quantitative estimate of drug-likeness (QED) is 0.0272. The molecule has 0 spiro atoms. The number of aliphatic hydroxyl groups excluding tert-OH is 1. The van der Waals surface area contributed by atoms with E-state index in [9.17, 15) is 19.4 Å². The van der Waals surface area contributed by atoms with Gasteiger partial charge in [-0.05, 0) is 96.3 Å². The molecule has 0 fully saturated rings. The summed E-state index contributed by atoms with van der Waals surface area (Å²) in [6.07, 6.45) is 103. The Kier molecular flexibility index (Phi) is 65.4. The highest BCUT2D eigenvalue weighted by Gasteiger charge is 2.23. The van der Waals surface area contributed by atoms with Crippen molar-refractivity contribution in [2.45, 2.75) is 321 Å². The van der Waals surface area contributed by atoms with Crippen molar-refractivity contribution in [3.05, 3.63) is 134 Å². The first kappa shape index (κ1) is 84.6. The average Bonchev–Trinajstić information content (AvgIpc) is 3.64. The van der Waals surface area contributed by atoms with Crippen LogP contribution >= 0.6 is 7.82 Å². The number of unbranched alkanes of at least 4 members (excludes halogenated alkanes) is 33. The normalized spacial score (nSPS) is 14.4. The van der Waals surface area contributed by atoms with Crippen molar-refractivity contribution < 1.29 is 32.9 Å². The molecule has 0 aromatic carbocycles. The van der Waals surface area contributed by atoms with Gasteiger partial charge in [0, 0.05) is 6.42 Å². The minimum absolute atomic E-state index is 0.0130. The lowest BCUT2D eigenvalue weighted by atomic mass is 10.0. The van der Waals surface area contributed by atoms with Crippen LogP contribution in [0.5, 0.6) is 0 Å². The molecule has 1 amide bonds. The number of phosphoric ester groups is 1. The van der Waals surface area contributed by atoms with E-state index in [1.54, 1.807) is 6.08 Å². The van der Waals surface area contributed by atoms with Gasteiger partial charge in [-0.2, -0.15) is 0 Å². The highest BCUT2D eigenvalue weighted by molar-refractivity contribution is 7.45. The van der Waals surface area contributed by atoms with Gasteiger partial charge in [0.05, 0.1) is 39.9 Å². The number of rotatable bonds is 66. The van der Waals surface area contributed by atoms with E-state index in [-0.39, 0.29) is 12.5 Å². The molecule has 0 aliphatic rings. The molecule has 3 atom stereocenters. The first-order valence-electron chi connectivity index (χ1n) is 36.5. The molecule has 0 aliphatic heterocycles. The van der Waals surface area contributed by atoms with Crippen LogP contribution in [0.2, 0.25) is 0 Å². The van der Waals surface area contributed by atoms with E-state index < -0.39 is 26.6 Å². The maximum atomic E-state index is 13.0. The number of hydrogen-bond donors (Lipinski definition) is 2. The Morgan fingerprint density at radius 1 is 0.409 bits per heavy atom. The topological polar surface area (TPSA) is 108 Å². The lowest BCUT2D eigenvalue weighted by molar-refractivity contribution is -0.870. The molecule has 0 aliphatic carbocycles. The fourth-order valence-corrected chi connectivity index (χ4v) is 11.0. The molecule has 0 saturated carbocycles. The standard InChI is InChI=1S/C79H139N2O6P/c1-6-8-10-12-14-16-18-20-22-24-26-28-30-32-34-36-38-39-40-41-43-45-47-49-51-53-55-57-59-61-63-65-67-69-71-73-79(83)80-77(76-87-88(84,85)86-75-74-81(3,4)5)78(82)72-70-68-66-64-62-60-58-56-54-52-50-48-46-44-42-37-35-33-31-29-27-25-23-21-19-17-15-13-11-9-7-2/h8,10,14,16,20,22,26,28,32,34,38-39,41,43,47,49,53,55,59,61,70,72,77-78,82H,6-7,9,11-13,15,17-19,21,23-25,27,29-31,33,35-37,40,42,44-46,48,50-52,54,56-58,60,62-69,71,73-76H2,1-5H3,(H-,80,83,84,85)/b10-8-,16-14-,22-20-,28-26-,34-32-,39-38-,43-41-,49-47-,55-53-,61-59-,72-70+. The predicted octanol–water partition coefficient (Wildman–Crippen LogP) is 23.1. The zero-order valence-corrected chi connectivity index (χ0v) is 58.8. The third-order valence-electron chi connectivity index (χ3n) is 15.9. The molecule has 0 heterocycles. The Morgan fingerprint density at radius 3 is 1.01 bits per heavy atom. The molecule has 2 N–H and O–H groups in total. The molecule has 0 aromatic heterocycles. The second kappa shape index (κ2) is 68.0. The summed E-state index contributed by atoms with van der Waals surface area (Å²) >= 11 is 0. The number of aliphatic hydroxyl groups is 1. The number of likely N-dealkylation sites (N-methyl/N-ethyl adjacent to an activating group) is 1. The fourth-order valence-electron chi connectivity index (χ4n) is 10.2. The molecular weight excluding hydrogens is 1100 g/mol. The zero-order chi connectivity index (χ0) is 64.1. The van der Waals surface area contributed by atoms with E-state index in [1.165, 1.54) is 173 Å². The van der Waals surface area contributed by atoms with E-state index in [1.807, 2.05) is 27.2 Å². The second-order valence-electron chi connectivity index (χ2n) is 25.6. The van der Waals surface area contributed by atoms with Crippen molar-refractivity contribution in [1.82, 2.24) is 5.32 Å².